The molecule has 1 atom stereocenters. The summed E-state index contributed by atoms with van der Waals surface area (Å²) in [7, 11) is 1.71. The lowest BCUT2D eigenvalue weighted by atomic mass is 10.0. The van der Waals surface area contributed by atoms with Crippen LogP contribution in [-0.2, 0) is 12.6 Å². The van der Waals surface area contributed by atoms with Gasteiger partial charge in [-0.1, -0.05) is 24.3 Å². The largest absolute Gasteiger partial charge is 0.433 e. The molecule has 3 nitrogen and oxygen atoms in total. The Labute approximate surface area is 127 Å². The average molecular weight is 309 g/mol. The number of likely N-dealkylation sites (N-methyl/N-ethyl adjacent to an activating group) is 1. The van der Waals surface area contributed by atoms with Gasteiger partial charge in [-0.05, 0) is 37.5 Å². The summed E-state index contributed by atoms with van der Waals surface area (Å²) in [4.78, 5) is 9.24. The van der Waals surface area contributed by atoms with Crippen molar-refractivity contribution in [3.8, 4) is 0 Å². The van der Waals surface area contributed by atoms with Gasteiger partial charge in [-0.25, -0.2) is 9.97 Å². The Kier molecular flexibility index (Phi) is 4.68. The van der Waals surface area contributed by atoms with Crippen LogP contribution in [0.25, 0.3) is 0 Å². The van der Waals surface area contributed by atoms with Crippen molar-refractivity contribution in [2.45, 2.75) is 32.5 Å². The minimum Gasteiger partial charge on any atom is -0.341 e. The maximum Gasteiger partial charge on any atom is 0.433 e. The van der Waals surface area contributed by atoms with Crippen LogP contribution < -0.4 is 4.90 Å². The molecule has 0 aliphatic carbocycles. The predicted molar refractivity (Wildman–Crippen MR) is 79.8 cm³/mol. The van der Waals surface area contributed by atoms with Crippen LogP contribution in [0.1, 0.15) is 23.7 Å². The molecule has 2 aromatic rings. The zero-order valence-corrected chi connectivity index (χ0v) is 12.7. The lowest BCUT2D eigenvalue weighted by molar-refractivity contribution is -0.141. The van der Waals surface area contributed by atoms with Crippen LogP contribution in [0.15, 0.2) is 36.5 Å². The highest BCUT2D eigenvalue weighted by molar-refractivity contribution is 5.33. The summed E-state index contributed by atoms with van der Waals surface area (Å²) in [5.74, 6) is 0.0795. The maximum absolute atomic E-state index is 12.7. The van der Waals surface area contributed by atoms with Crippen molar-refractivity contribution >= 4 is 5.95 Å². The van der Waals surface area contributed by atoms with Gasteiger partial charge in [0.25, 0.3) is 0 Å². The number of hydrogen-bond acceptors (Lipinski definition) is 3. The Morgan fingerprint density at radius 1 is 1.18 bits per heavy atom. The Morgan fingerprint density at radius 3 is 2.50 bits per heavy atom. The average Bonchev–Trinajstić information content (AvgIpc) is 2.48. The number of alkyl halides is 3. The maximum atomic E-state index is 12.7. The van der Waals surface area contributed by atoms with E-state index in [1.54, 1.807) is 11.9 Å². The molecule has 0 N–H and O–H groups in total. The van der Waals surface area contributed by atoms with E-state index in [0.717, 1.165) is 23.4 Å². The highest BCUT2D eigenvalue weighted by Crippen LogP contribution is 2.28. The second kappa shape index (κ2) is 6.34. The van der Waals surface area contributed by atoms with Crippen molar-refractivity contribution in [1.82, 2.24) is 9.97 Å². The number of nitrogens with zero attached hydrogens (tertiary/aromatic N) is 3. The number of benzene rings is 1. The summed E-state index contributed by atoms with van der Waals surface area (Å²) >= 11 is 0. The molecule has 0 amide bonds. The van der Waals surface area contributed by atoms with Crippen molar-refractivity contribution in [2.75, 3.05) is 11.9 Å². The van der Waals surface area contributed by atoms with Crippen LogP contribution in [-0.4, -0.2) is 23.1 Å². The molecule has 0 aliphatic heterocycles. The number of aryl methyl sites for hydroxylation is 1. The monoisotopic (exact) mass is 309 g/mol. The third kappa shape index (κ3) is 3.75. The molecule has 2 rings (SSSR count). The lowest BCUT2D eigenvalue weighted by Crippen LogP contribution is -2.32. The van der Waals surface area contributed by atoms with Gasteiger partial charge in [-0.15, -0.1) is 0 Å². The molecule has 6 heteroatoms. The molecule has 0 aliphatic rings. The molecule has 0 saturated carbocycles. The highest BCUT2D eigenvalue weighted by Gasteiger charge is 2.33. The summed E-state index contributed by atoms with van der Waals surface area (Å²) in [6.45, 7) is 3.96. The van der Waals surface area contributed by atoms with E-state index in [2.05, 4.69) is 9.97 Å². The second-order valence-electron chi connectivity index (χ2n) is 5.33. The smallest absolute Gasteiger partial charge is 0.341 e. The molecule has 22 heavy (non-hydrogen) atoms. The molecule has 118 valence electrons. The number of anilines is 1. The van der Waals surface area contributed by atoms with Gasteiger partial charge in [0.15, 0.2) is 0 Å². The molecular weight excluding hydrogens is 291 g/mol. The molecule has 0 saturated heterocycles. The molecule has 1 aromatic heterocycles. The molecule has 0 radical (unpaired) electrons. The van der Waals surface area contributed by atoms with Crippen LogP contribution in [0.4, 0.5) is 19.1 Å². The fourth-order valence-electron chi connectivity index (χ4n) is 2.17. The number of hydrogen-bond donors (Lipinski definition) is 0. The van der Waals surface area contributed by atoms with Crippen molar-refractivity contribution in [3.05, 3.63) is 53.3 Å². The van der Waals surface area contributed by atoms with Gasteiger partial charge in [0.2, 0.25) is 5.95 Å². The SMILES string of the molecule is Cc1ccccc1C[C@H](C)N(C)c1nccc(C(F)(F)F)n1. The predicted octanol–water partition coefficient (Wildman–Crippen LogP) is 3.87. The van der Waals surface area contributed by atoms with Gasteiger partial charge >= 0.3 is 6.18 Å². The molecule has 0 unspecified atom stereocenters. The zero-order chi connectivity index (χ0) is 16.3. The van der Waals surface area contributed by atoms with E-state index >= 15 is 0 Å². The third-order valence-electron chi connectivity index (χ3n) is 3.69. The molecule has 1 aromatic carbocycles. The van der Waals surface area contributed by atoms with Crippen LogP contribution >= 0.6 is 0 Å². The first-order valence-corrected chi connectivity index (χ1v) is 6.96. The lowest BCUT2D eigenvalue weighted by Gasteiger charge is -2.26. The fourth-order valence-corrected chi connectivity index (χ4v) is 2.17. The van der Waals surface area contributed by atoms with E-state index in [4.69, 9.17) is 0 Å². The first kappa shape index (κ1) is 16.3. The molecule has 0 fully saturated rings. The second-order valence-corrected chi connectivity index (χ2v) is 5.33. The zero-order valence-electron chi connectivity index (χ0n) is 12.7. The van der Waals surface area contributed by atoms with E-state index in [0.29, 0.717) is 6.42 Å². The first-order chi connectivity index (χ1) is 10.3. The highest BCUT2D eigenvalue weighted by atomic mass is 19.4. The van der Waals surface area contributed by atoms with E-state index in [9.17, 15) is 13.2 Å². The van der Waals surface area contributed by atoms with E-state index in [1.165, 1.54) is 0 Å². The summed E-state index contributed by atoms with van der Waals surface area (Å²) in [6.07, 6.45) is -2.61. The molecule has 0 spiro atoms. The summed E-state index contributed by atoms with van der Waals surface area (Å²) in [5, 5.41) is 0. The first-order valence-electron chi connectivity index (χ1n) is 6.96. The fraction of sp³-hybridized carbons (Fsp3) is 0.375. The summed E-state index contributed by atoms with van der Waals surface area (Å²) in [5.41, 5.74) is 1.40. The minimum atomic E-state index is -4.46. The van der Waals surface area contributed by atoms with Crippen molar-refractivity contribution < 1.29 is 13.2 Å². The normalized spacial score (nSPS) is 13.0. The van der Waals surface area contributed by atoms with Crippen LogP contribution in [0.2, 0.25) is 0 Å². The number of aromatic nitrogens is 2. The quantitative estimate of drug-likeness (QED) is 0.858. The standard InChI is InChI=1S/C16H18F3N3/c1-11-6-4-5-7-13(11)10-12(2)22(3)15-20-9-8-14(21-15)16(17,18)19/h4-9,12H,10H2,1-3H3/t12-/m0/s1. The summed E-state index contributed by atoms with van der Waals surface area (Å²) < 4.78 is 38.2. The van der Waals surface area contributed by atoms with Gasteiger partial charge in [0.05, 0.1) is 0 Å². The van der Waals surface area contributed by atoms with Gasteiger partial charge in [0, 0.05) is 19.3 Å². The van der Waals surface area contributed by atoms with Crippen LogP contribution in [0.5, 0.6) is 0 Å². The van der Waals surface area contributed by atoms with Crippen molar-refractivity contribution in [3.63, 3.8) is 0 Å². The van der Waals surface area contributed by atoms with Gasteiger partial charge < -0.3 is 4.90 Å². The third-order valence-corrected chi connectivity index (χ3v) is 3.69. The van der Waals surface area contributed by atoms with E-state index < -0.39 is 11.9 Å². The van der Waals surface area contributed by atoms with Crippen LogP contribution in [0.3, 0.4) is 0 Å². The van der Waals surface area contributed by atoms with Crippen LogP contribution in [0, 0.1) is 6.92 Å². The Bertz CT molecular complexity index is 641. The molecule has 1 heterocycles. The van der Waals surface area contributed by atoms with E-state index in [-0.39, 0.29) is 12.0 Å². The number of rotatable bonds is 4. The van der Waals surface area contributed by atoms with Crippen molar-refractivity contribution in [2.24, 2.45) is 0 Å². The number of halogens is 3. The summed E-state index contributed by atoms with van der Waals surface area (Å²) in [6, 6.07) is 8.81. The Balaban J connectivity index is 2.17. The molecular formula is C16H18F3N3. The van der Waals surface area contributed by atoms with E-state index in [1.807, 2.05) is 38.1 Å². The minimum absolute atomic E-state index is 0.0235. The molecule has 0 bridgehead atoms. The topological polar surface area (TPSA) is 29.0 Å². The van der Waals surface area contributed by atoms with Gasteiger partial charge in [-0.3, -0.25) is 0 Å². The van der Waals surface area contributed by atoms with Gasteiger partial charge in [-0.2, -0.15) is 13.2 Å². The van der Waals surface area contributed by atoms with Gasteiger partial charge in [0.1, 0.15) is 5.69 Å². The van der Waals surface area contributed by atoms with Crippen molar-refractivity contribution in [1.29, 1.82) is 0 Å². The Morgan fingerprint density at radius 2 is 1.86 bits per heavy atom. The Hall–Kier alpha value is -2.11.